The number of hydrogen-bond donors (Lipinski definition) is 1. The Morgan fingerprint density at radius 1 is 1.15 bits per heavy atom. The first-order chi connectivity index (χ1) is 16.3. The van der Waals surface area contributed by atoms with Gasteiger partial charge in [0, 0.05) is 24.5 Å². The number of nitrogens with zero attached hydrogens (tertiary/aromatic N) is 3. The summed E-state index contributed by atoms with van der Waals surface area (Å²) in [7, 11) is 0. The molecule has 34 heavy (non-hydrogen) atoms. The van der Waals surface area contributed by atoms with Gasteiger partial charge >= 0.3 is 0 Å². The molecule has 0 radical (unpaired) electrons. The SMILES string of the molecule is Cc1cccc(C)c1NC(=O)CC1SC(=Nc2ccccc2Cl)N(C(C)c2cccnc2)C1=O. The second-order valence-electron chi connectivity index (χ2n) is 8.14. The van der Waals surface area contributed by atoms with Gasteiger partial charge in [0.1, 0.15) is 5.25 Å². The second-order valence-corrected chi connectivity index (χ2v) is 9.72. The van der Waals surface area contributed by atoms with Gasteiger partial charge in [-0.05, 0) is 55.7 Å². The van der Waals surface area contributed by atoms with Crippen LogP contribution in [-0.2, 0) is 9.59 Å². The molecular formula is C26H25ClN4O2S. The number of thioether (sulfide) groups is 1. The van der Waals surface area contributed by atoms with Crippen LogP contribution < -0.4 is 5.32 Å². The van der Waals surface area contributed by atoms with Crippen LogP contribution in [0.25, 0.3) is 0 Å². The maximum Gasteiger partial charge on any atom is 0.243 e. The first-order valence-corrected chi connectivity index (χ1v) is 12.2. The molecule has 1 aliphatic heterocycles. The number of carbonyl (C=O) groups excluding carboxylic acids is 2. The predicted octanol–water partition coefficient (Wildman–Crippen LogP) is 6.07. The predicted molar refractivity (Wildman–Crippen MR) is 139 cm³/mol. The lowest BCUT2D eigenvalue weighted by Gasteiger charge is -2.24. The average Bonchev–Trinajstić information content (AvgIpc) is 3.12. The summed E-state index contributed by atoms with van der Waals surface area (Å²) in [5.74, 6) is -0.375. The number of hydrogen-bond acceptors (Lipinski definition) is 5. The number of aromatic nitrogens is 1. The van der Waals surface area contributed by atoms with Crippen molar-refractivity contribution in [3.05, 3.63) is 88.7 Å². The van der Waals surface area contributed by atoms with E-state index in [4.69, 9.17) is 16.6 Å². The van der Waals surface area contributed by atoms with Gasteiger partial charge in [-0.1, -0.05) is 59.8 Å². The van der Waals surface area contributed by atoms with Gasteiger partial charge in [-0.2, -0.15) is 0 Å². The van der Waals surface area contributed by atoms with Gasteiger partial charge in [0.25, 0.3) is 0 Å². The number of aryl methyl sites for hydroxylation is 2. The lowest BCUT2D eigenvalue weighted by atomic mass is 10.1. The minimum atomic E-state index is -0.593. The van der Waals surface area contributed by atoms with Crippen molar-refractivity contribution < 1.29 is 9.59 Å². The lowest BCUT2D eigenvalue weighted by Crippen LogP contribution is -2.35. The zero-order chi connectivity index (χ0) is 24.2. The molecule has 0 aliphatic carbocycles. The molecule has 2 heterocycles. The van der Waals surface area contributed by atoms with Crippen molar-refractivity contribution in [3.63, 3.8) is 0 Å². The third-order valence-corrected chi connectivity index (χ3v) is 7.18. The van der Waals surface area contributed by atoms with Crippen molar-refractivity contribution >= 4 is 51.7 Å². The van der Waals surface area contributed by atoms with E-state index in [2.05, 4.69) is 10.3 Å². The van der Waals surface area contributed by atoms with Gasteiger partial charge in [0.2, 0.25) is 11.8 Å². The number of nitrogens with one attached hydrogen (secondary N) is 1. The van der Waals surface area contributed by atoms with Gasteiger partial charge in [-0.3, -0.25) is 19.5 Å². The molecule has 0 spiro atoms. The van der Waals surface area contributed by atoms with Crippen molar-refractivity contribution in [2.45, 2.75) is 38.5 Å². The van der Waals surface area contributed by atoms with Crippen molar-refractivity contribution in [2.24, 2.45) is 4.99 Å². The summed E-state index contributed by atoms with van der Waals surface area (Å²) in [6.45, 7) is 5.82. The van der Waals surface area contributed by atoms with Crippen LogP contribution in [0.4, 0.5) is 11.4 Å². The summed E-state index contributed by atoms with van der Waals surface area (Å²) in [4.78, 5) is 37.0. The van der Waals surface area contributed by atoms with Gasteiger partial charge in [0.05, 0.1) is 16.8 Å². The molecule has 1 saturated heterocycles. The molecule has 8 heteroatoms. The zero-order valence-corrected chi connectivity index (χ0v) is 20.7. The smallest absolute Gasteiger partial charge is 0.243 e. The van der Waals surface area contributed by atoms with Crippen LogP contribution in [0.5, 0.6) is 0 Å². The number of halogens is 1. The first kappa shape index (κ1) is 24.0. The highest BCUT2D eigenvalue weighted by molar-refractivity contribution is 8.15. The molecule has 0 saturated carbocycles. The van der Waals surface area contributed by atoms with E-state index in [1.54, 1.807) is 29.4 Å². The standard InChI is InChI=1S/C26H25ClN4O2S/c1-16-8-6-9-17(2)24(16)30-23(32)14-22-25(33)31(18(3)19-10-7-13-28-15-19)26(34-22)29-21-12-5-4-11-20(21)27/h4-13,15,18,22H,14H2,1-3H3,(H,30,32). The normalized spacial score (nSPS) is 17.8. The monoisotopic (exact) mass is 492 g/mol. The number of para-hydroxylation sites is 2. The van der Waals surface area contributed by atoms with E-state index < -0.39 is 5.25 Å². The van der Waals surface area contributed by atoms with E-state index in [1.807, 2.05) is 63.2 Å². The number of amides is 2. The van der Waals surface area contributed by atoms with Gasteiger partial charge in [-0.25, -0.2) is 4.99 Å². The van der Waals surface area contributed by atoms with Gasteiger partial charge in [0.15, 0.2) is 5.17 Å². The molecule has 2 unspecified atom stereocenters. The molecule has 1 aliphatic rings. The average molecular weight is 493 g/mol. The van der Waals surface area contributed by atoms with E-state index in [0.717, 1.165) is 22.4 Å². The van der Waals surface area contributed by atoms with Crippen LogP contribution in [0, 0.1) is 13.8 Å². The number of benzene rings is 2. The van der Waals surface area contributed by atoms with Crippen LogP contribution in [0.15, 0.2) is 72.0 Å². The van der Waals surface area contributed by atoms with Gasteiger partial charge < -0.3 is 5.32 Å². The molecule has 6 nitrogen and oxygen atoms in total. The Morgan fingerprint density at radius 3 is 2.56 bits per heavy atom. The summed E-state index contributed by atoms with van der Waals surface area (Å²) in [6.07, 6.45) is 3.46. The van der Waals surface area contributed by atoms with Crippen molar-refractivity contribution in [1.82, 2.24) is 9.88 Å². The molecule has 4 rings (SSSR count). The zero-order valence-electron chi connectivity index (χ0n) is 19.2. The van der Waals surface area contributed by atoms with E-state index in [0.29, 0.717) is 15.9 Å². The summed E-state index contributed by atoms with van der Waals surface area (Å²) >= 11 is 7.62. The quantitative estimate of drug-likeness (QED) is 0.453. The topological polar surface area (TPSA) is 74.7 Å². The van der Waals surface area contributed by atoms with Crippen molar-refractivity contribution in [2.75, 3.05) is 5.32 Å². The molecular weight excluding hydrogens is 468 g/mol. The number of aliphatic imine (C=N–C) groups is 1. The molecule has 0 bridgehead atoms. The molecule has 174 valence electrons. The number of rotatable bonds is 6. The third kappa shape index (κ3) is 5.16. The van der Waals surface area contributed by atoms with E-state index in [9.17, 15) is 9.59 Å². The Labute approximate surface area is 208 Å². The maximum absolute atomic E-state index is 13.5. The molecule has 2 aromatic carbocycles. The molecule has 2 atom stereocenters. The van der Waals surface area contributed by atoms with Crippen LogP contribution in [0.3, 0.4) is 0 Å². The fourth-order valence-electron chi connectivity index (χ4n) is 3.84. The van der Waals surface area contributed by atoms with Crippen LogP contribution >= 0.6 is 23.4 Å². The summed E-state index contributed by atoms with van der Waals surface area (Å²) in [5, 5.41) is 3.40. The van der Waals surface area contributed by atoms with Crippen molar-refractivity contribution in [1.29, 1.82) is 0 Å². The third-order valence-electron chi connectivity index (χ3n) is 5.71. The highest BCUT2D eigenvalue weighted by Crippen LogP contribution is 2.38. The number of pyridine rings is 1. The Morgan fingerprint density at radius 2 is 1.88 bits per heavy atom. The first-order valence-electron chi connectivity index (χ1n) is 10.9. The molecule has 1 fully saturated rings. The maximum atomic E-state index is 13.5. The Kier molecular flexibility index (Phi) is 7.34. The molecule has 1 N–H and O–H groups in total. The van der Waals surface area contributed by atoms with E-state index in [1.165, 1.54) is 11.8 Å². The fraction of sp³-hybridized carbons (Fsp3) is 0.231. The molecule has 1 aromatic heterocycles. The van der Waals surface area contributed by atoms with Crippen LogP contribution in [-0.4, -0.2) is 32.1 Å². The number of amidine groups is 1. The molecule has 2 amide bonds. The fourth-order valence-corrected chi connectivity index (χ4v) is 5.23. The Hall–Kier alpha value is -3.16. The minimum absolute atomic E-state index is 0.0368. The number of carbonyl (C=O) groups is 2. The Balaban J connectivity index is 1.61. The number of anilines is 1. The second kappa shape index (κ2) is 10.4. The van der Waals surface area contributed by atoms with Crippen molar-refractivity contribution in [3.8, 4) is 0 Å². The highest BCUT2D eigenvalue weighted by atomic mass is 35.5. The van der Waals surface area contributed by atoms with Crippen LogP contribution in [0.1, 0.15) is 36.1 Å². The largest absolute Gasteiger partial charge is 0.326 e. The van der Waals surface area contributed by atoms with E-state index >= 15 is 0 Å². The molecule has 3 aromatic rings. The summed E-state index contributed by atoms with van der Waals surface area (Å²) < 4.78 is 0. The lowest BCUT2D eigenvalue weighted by molar-refractivity contribution is -0.129. The highest BCUT2D eigenvalue weighted by Gasteiger charge is 2.42. The van der Waals surface area contributed by atoms with Crippen LogP contribution in [0.2, 0.25) is 5.02 Å². The summed E-state index contributed by atoms with van der Waals surface area (Å²) in [6, 6.07) is 16.5. The summed E-state index contributed by atoms with van der Waals surface area (Å²) in [5.41, 5.74) is 4.19. The van der Waals surface area contributed by atoms with E-state index in [-0.39, 0.29) is 24.3 Å². The minimum Gasteiger partial charge on any atom is -0.326 e. The Bertz CT molecular complexity index is 1230. The van der Waals surface area contributed by atoms with Gasteiger partial charge in [-0.15, -0.1) is 0 Å².